The third-order valence-corrected chi connectivity index (χ3v) is 4.25. The van der Waals surface area contributed by atoms with Crippen molar-refractivity contribution in [1.29, 1.82) is 0 Å². The van der Waals surface area contributed by atoms with E-state index >= 15 is 0 Å². The summed E-state index contributed by atoms with van der Waals surface area (Å²) in [7, 11) is 1.74. The van der Waals surface area contributed by atoms with Crippen molar-refractivity contribution >= 4 is 17.5 Å². The van der Waals surface area contributed by atoms with Crippen molar-refractivity contribution in [3.63, 3.8) is 0 Å². The Kier molecular flexibility index (Phi) is 5.08. The van der Waals surface area contributed by atoms with E-state index in [9.17, 15) is 9.59 Å². The van der Waals surface area contributed by atoms with Crippen molar-refractivity contribution in [2.75, 3.05) is 19.2 Å². The van der Waals surface area contributed by atoms with Crippen molar-refractivity contribution in [2.45, 2.75) is 27.3 Å². The van der Waals surface area contributed by atoms with Crippen LogP contribution in [0.5, 0.6) is 11.5 Å². The van der Waals surface area contributed by atoms with Crippen LogP contribution < -0.4 is 14.8 Å². The molecule has 0 unspecified atom stereocenters. The van der Waals surface area contributed by atoms with Gasteiger partial charge in [0.05, 0.1) is 0 Å². The van der Waals surface area contributed by atoms with E-state index in [4.69, 9.17) is 9.47 Å². The molecule has 0 bridgehead atoms. The summed E-state index contributed by atoms with van der Waals surface area (Å²) in [6.45, 7) is 6.19. The summed E-state index contributed by atoms with van der Waals surface area (Å²) in [4.78, 5) is 26.6. The van der Waals surface area contributed by atoms with Gasteiger partial charge in [-0.3, -0.25) is 9.59 Å². The number of anilines is 1. The second-order valence-electron chi connectivity index (χ2n) is 7.63. The highest BCUT2D eigenvalue weighted by atomic mass is 16.7. The second kappa shape index (κ2) is 7.31. The largest absolute Gasteiger partial charge is 0.454 e. The Morgan fingerprint density at radius 1 is 1.07 bits per heavy atom. The van der Waals surface area contributed by atoms with E-state index < -0.39 is 5.41 Å². The third-order valence-electron chi connectivity index (χ3n) is 4.25. The zero-order chi connectivity index (χ0) is 19.6. The molecule has 2 amide bonds. The normalized spacial score (nSPS) is 12.6. The van der Waals surface area contributed by atoms with Crippen LogP contribution in [-0.4, -0.2) is 30.6 Å². The van der Waals surface area contributed by atoms with Gasteiger partial charge in [-0.25, -0.2) is 0 Å². The molecule has 0 fully saturated rings. The molecule has 1 heterocycles. The zero-order valence-electron chi connectivity index (χ0n) is 16.0. The van der Waals surface area contributed by atoms with E-state index in [1.54, 1.807) is 36.2 Å². The lowest BCUT2D eigenvalue weighted by atomic mass is 9.95. The van der Waals surface area contributed by atoms with E-state index in [1.807, 2.05) is 39.0 Å². The molecule has 1 N–H and O–H groups in total. The van der Waals surface area contributed by atoms with Gasteiger partial charge in [0.15, 0.2) is 11.5 Å². The van der Waals surface area contributed by atoms with Crippen molar-refractivity contribution in [1.82, 2.24) is 4.90 Å². The van der Waals surface area contributed by atoms with Crippen LogP contribution in [0.3, 0.4) is 0 Å². The van der Waals surface area contributed by atoms with Crippen LogP contribution in [0, 0.1) is 5.41 Å². The predicted molar refractivity (Wildman–Crippen MR) is 103 cm³/mol. The van der Waals surface area contributed by atoms with Crippen LogP contribution >= 0.6 is 0 Å². The average molecular weight is 368 g/mol. The molecule has 6 nitrogen and oxygen atoms in total. The van der Waals surface area contributed by atoms with E-state index in [-0.39, 0.29) is 18.6 Å². The maximum Gasteiger partial charge on any atom is 0.253 e. The fourth-order valence-corrected chi connectivity index (χ4v) is 2.65. The van der Waals surface area contributed by atoms with Gasteiger partial charge in [-0.1, -0.05) is 32.9 Å². The Morgan fingerprint density at radius 2 is 1.81 bits per heavy atom. The van der Waals surface area contributed by atoms with Crippen LogP contribution in [0.1, 0.15) is 36.7 Å². The summed E-state index contributed by atoms with van der Waals surface area (Å²) in [6.07, 6.45) is 0. The van der Waals surface area contributed by atoms with Crippen LogP contribution in [0.2, 0.25) is 0 Å². The molecule has 0 atom stereocenters. The first-order valence-corrected chi connectivity index (χ1v) is 8.79. The quantitative estimate of drug-likeness (QED) is 0.894. The highest BCUT2D eigenvalue weighted by molar-refractivity contribution is 5.98. The van der Waals surface area contributed by atoms with E-state index in [1.165, 1.54) is 0 Å². The molecule has 1 aliphatic rings. The van der Waals surface area contributed by atoms with Crippen molar-refractivity contribution in [2.24, 2.45) is 5.41 Å². The number of fused-ring (bicyclic) bond motifs is 1. The first-order valence-electron chi connectivity index (χ1n) is 8.79. The summed E-state index contributed by atoms with van der Waals surface area (Å²) in [5.41, 5.74) is 1.57. The maximum atomic E-state index is 12.8. The average Bonchev–Trinajstić information content (AvgIpc) is 3.08. The number of nitrogens with zero attached hydrogens (tertiary/aromatic N) is 1. The fraction of sp³-hybridized carbons (Fsp3) is 0.333. The Balaban J connectivity index is 1.69. The van der Waals surface area contributed by atoms with Crippen molar-refractivity contribution < 1.29 is 19.1 Å². The minimum Gasteiger partial charge on any atom is -0.454 e. The van der Waals surface area contributed by atoms with E-state index in [0.717, 1.165) is 11.3 Å². The SMILES string of the molecule is CN(Cc1ccc2c(c1)OCO2)C(=O)c1cccc(NC(=O)C(C)(C)C)c1. The second-order valence-corrected chi connectivity index (χ2v) is 7.63. The molecular weight excluding hydrogens is 344 g/mol. The molecule has 1 aliphatic heterocycles. The van der Waals surface area contributed by atoms with Gasteiger partial charge in [0, 0.05) is 30.3 Å². The molecule has 142 valence electrons. The Bertz CT molecular complexity index is 871. The lowest BCUT2D eigenvalue weighted by molar-refractivity contribution is -0.123. The van der Waals surface area contributed by atoms with Crippen LogP contribution in [0.15, 0.2) is 42.5 Å². The van der Waals surface area contributed by atoms with E-state index in [2.05, 4.69) is 5.32 Å². The molecule has 0 saturated carbocycles. The molecule has 3 rings (SSSR count). The lowest BCUT2D eigenvalue weighted by Gasteiger charge is -2.20. The van der Waals surface area contributed by atoms with Crippen molar-refractivity contribution in [3.8, 4) is 11.5 Å². The first-order chi connectivity index (χ1) is 12.7. The molecule has 2 aromatic rings. The van der Waals surface area contributed by atoms with E-state index in [0.29, 0.717) is 23.5 Å². The highest BCUT2D eigenvalue weighted by Gasteiger charge is 2.22. The number of hydrogen-bond acceptors (Lipinski definition) is 4. The fourth-order valence-electron chi connectivity index (χ4n) is 2.65. The summed E-state index contributed by atoms with van der Waals surface area (Å²) < 4.78 is 10.7. The van der Waals surface area contributed by atoms with Gasteiger partial charge in [0.2, 0.25) is 12.7 Å². The lowest BCUT2D eigenvalue weighted by Crippen LogP contribution is -2.28. The number of ether oxygens (including phenoxy) is 2. The first kappa shape index (κ1) is 18.8. The minimum absolute atomic E-state index is 0.0965. The van der Waals surface area contributed by atoms with Gasteiger partial charge in [-0.15, -0.1) is 0 Å². The highest BCUT2D eigenvalue weighted by Crippen LogP contribution is 2.32. The molecule has 27 heavy (non-hydrogen) atoms. The van der Waals surface area contributed by atoms with Crippen LogP contribution in [0.25, 0.3) is 0 Å². The molecule has 0 saturated heterocycles. The molecule has 6 heteroatoms. The standard InChI is InChI=1S/C21H24N2O4/c1-21(2,3)20(25)22-16-7-5-6-15(11-16)19(24)23(4)12-14-8-9-17-18(10-14)27-13-26-17/h5-11H,12-13H2,1-4H3,(H,22,25). The summed E-state index contributed by atoms with van der Waals surface area (Å²) >= 11 is 0. The van der Waals surface area contributed by atoms with Gasteiger partial charge >= 0.3 is 0 Å². The Labute approximate surface area is 159 Å². The van der Waals surface area contributed by atoms with Gasteiger partial charge in [-0.2, -0.15) is 0 Å². The number of amides is 2. The Hall–Kier alpha value is -3.02. The number of carbonyl (C=O) groups is 2. The van der Waals surface area contributed by atoms with Crippen LogP contribution in [0.4, 0.5) is 5.69 Å². The molecule has 0 aromatic heterocycles. The van der Waals surface area contributed by atoms with Gasteiger partial charge < -0.3 is 19.7 Å². The number of hydrogen-bond donors (Lipinski definition) is 1. The summed E-state index contributed by atoms with van der Waals surface area (Å²) in [6, 6.07) is 12.6. The number of rotatable bonds is 4. The molecule has 0 spiro atoms. The monoisotopic (exact) mass is 368 g/mol. The number of benzene rings is 2. The molecule has 0 aliphatic carbocycles. The van der Waals surface area contributed by atoms with Gasteiger partial charge in [-0.05, 0) is 35.9 Å². The molecule has 0 radical (unpaired) electrons. The molecular formula is C21H24N2O4. The summed E-state index contributed by atoms with van der Waals surface area (Å²) in [5.74, 6) is 1.19. The topological polar surface area (TPSA) is 67.9 Å². The summed E-state index contributed by atoms with van der Waals surface area (Å²) in [5, 5.41) is 2.85. The maximum absolute atomic E-state index is 12.8. The Morgan fingerprint density at radius 3 is 2.56 bits per heavy atom. The zero-order valence-corrected chi connectivity index (χ0v) is 16.0. The van der Waals surface area contributed by atoms with Crippen molar-refractivity contribution in [3.05, 3.63) is 53.6 Å². The number of carbonyl (C=O) groups excluding carboxylic acids is 2. The smallest absolute Gasteiger partial charge is 0.253 e. The number of nitrogens with one attached hydrogen (secondary N) is 1. The third kappa shape index (κ3) is 4.39. The predicted octanol–water partition coefficient (Wildman–Crippen LogP) is 3.67. The van der Waals surface area contributed by atoms with Gasteiger partial charge in [0.1, 0.15) is 0 Å². The molecule has 2 aromatic carbocycles. The van der Waals surface area contributed by atoms with Gasteiger partial charge in [0.25, 0.3) is 5.91 Å². The van der Waals surface area contributed by atoms with Crippen LogP contribution in [-0.2, 0) is 11.3 Å². The minimum atomic E-state index is -0.504.